The summed E-state index contributed by atoms with van der Waals surface area (Å²) < 4.78 is 5.74. The van der Waals surface area contributed by atoms with Crippen LogP contribution in [0.5, 0.6) is 0 Å². The predicted octanol–water partition coefficient (Wildman–Crippen LogP) is 3.99. The van der Waals surface area contributed by atoms with E-state index in [4.69, 9.17) is 4.52 Å². The van der Waals surface area contributed by atoms with Gasteiger partial charge in [0.15, 0.2) is 5.76 Å². The lowest BCUT2D eigenvalue weighted by molar-refractivity contribution is 0.177. The molecule has 3 aromatic heterocycles. The van der Waals surface area contributed by atoms with E-state index >= 15 is 0 Å². The fraction of sp³-hybridized carbons (Fsp3) is 0.476. The summed E-state index contributed by atoms with van der Waals surface area (Å²) in [5, 5.41) is 4.40. The van der Waals surface area contributed by atoms with Gasteiger partial charge in [-0.2, -0.15) is 0 Å². The van der Waals surface area contributed by atoms with Crippen LogP contribution in [0.4, 0.5) is 0 Å². The van der Waals surface area contributed by atoms with Crippen molar-refractivity contribution in [2.24, 2.45) is 0 Å². The van der Waals surface area contributed by atoms with Crippen LogP contribution in [-0.4, -0.2) is 31.6 Å². The zero-order chi connectivity index (χ0) is 18.1. The Bertz CT molecular complexity index is 881. The highest BCUT2D eigenvalue weighted by Crippen LogP contribution is 2.35. The normalized spacial score (nSPS) is 21.3. The average Bonchev–Trinajstić information content (AvgIpc) is 3.39. The molecule has 1 atom stereocenters. The van der Waals surface area contributed by atoms with Crippen LogP contribution in [0.15, 0.2) is 41.4 Å². The van der Waals surface area contributed by atoms with Gasteiger partial charge < -0.3 is 9.51 Å². The molecule has 6 heteroatoms. The third-order valence-corrected chi connectivity index (χ3v) is 5.98. The predicted molar refractivity (Wildman–Crippen MR) is 101 cm³/mol. The molecule has 0 saturated heterocycles. The van der Waals surface area contributed by atoms with E-state index in [1.54, 1.807) is 6.33 Å². The van der Waals surface area contributed by atoms with Crippen LogP contribution in [0.25, 0.3) is 0 Å². The first-order valence-electron chi connectivity index (χ1n) is 10.00. The number of rotatable bonds is 4. The first-order valence-corrected chi connectivity index (χ1v) is 10.00. The minimum Gasteiger partial charge on any atom is -0.360 e. The molecule has 5 rings (SSSR count). The molecule has 2 aliphatic rings. The highest BCUT2D eigenvalue weighted by atomic mass is 16.5. The maximum atomic E-state index is 5.74. The number of nitrogens with zero attached hydrogens (tertiary/aromatic N) is 4. The lowest BCUT2D eigenvalue weighted by atomic mass is 9.87. The van der Waals surface area contributed by atoms with Crippen molar-refractivity contribution in [1.29, 1.82) is 0 Å². The molecule has 0 amide bonds. The molecule has 0 bridgehead atoms. The smallest absolute Gasteiger partial charge is 0.151 e. The molecule has 4 heterocycles. The zero-order valence-corrected chi connectivity index (χ0v) is 15.5. The molecule has 0 aromatic carbocycles. The zero-order valence-electron chi connectivity index (χ0n) is 15.5. The van der Waals surface area contributed by atoms with Crippen LogP contribution in [-0.2, 0) is 13.0 Å². The molecule has 1 aliphatic carbocycles. The maximum absolute atomic E-state index is 5.74. The van der Waals surface area contributed by atoms with Crippen molar-refractivity contribution in [3.8, 4) is 0 Å². The van der Waals surface area contributed by atoms with Crippen molar-refractivity contribution in [1.82, 2.24) is 25.0 Å². The van der Waals surface area contributed by atoms with Crippen LogP contribution in [0.1, 0.15) is 72.5 Å². The maximum Gasteiger partial charge on any atom is 0.151 e. The van der Waals surface area contributed by atoms with Crippen LogP contribution in [0, 0.1) is 0 Å². The van der Waals surface area contributed by atoms with Crippen molar-refractivity contribution in [3.05, 3.63) is 65.3 Å². The van der Waals surface area contributed by atoms with E-state index in [1.807, 2.05) is 18.5 Å². The summed E-state index contributed by atoms with van der Waals surface area (Å²) in [5.41, 5.74) is 4.62. The summed E-state index contributed by atoms with van der Waals surface area (Å²) in [4.78, 5) is 14.7. The van der Waals surface area contributed by atoms with E-state index in [0.717, 1.165) is 42.2 Å². The third kappa shape index (κ3) is 3.30. The van der Waals surface area contributed by atoms with Crippen molar-refractivity contribution < 1.29 is 4.52 Å². The van der Waals surface area contributed by atoms with Gasteiger partial charge in [0.2, 0.25) is 0 Å². The highest BCUT2D eigenvalue weighted by molar-refractivity contribution is 5.31. The number of H-pyrrole nitrogens is 1. The number of nitrogens with one attached hydrogen (secondary N) is 1. The van der Waals surface area contributed by atoms with Gasteiger partial charge in [-0.1, -0.05) is 30.5 Å². The van der Waals surface area contributed by atoms with Crippen LogP contribution in [0.2, 0.25) is 0 Å². The second-order valence-electron chi connectivity index (χ2n) is 7.73. The molecule has 27 heavy (non-hydrogen) atoms. The van der Waals surface area contributed by atoms with Crippen molar-refractivity contribution in [2.75, 3.05) is 6.54 Å². The van der Waals surface area contributed by atoms with Gasteiger partial charge in [0.25, 0.3) is 0 Å². The van der Waals surface area contributed by atoms with Gasteiger partial charge in [-0.05, 0) is 24.5 Å². The van der Waals surface area contributed by atoms with E-state index in [0.29, 0.717) is 5.92 Å². The van der Waals surface area contributed by atoms with Gasteiger partial charge in [0.05, 0.1) is 30.3 Å². The molecular weight excluding hydrogens is 338 g/mol. The Hall–Kier alpha value is -2.47. The molecule has 1 unspecified atom stereocenters. The number of imidazole rings is 1. The summed E-state index contributed by atoms with van der Waals surface area (Å²) in [7, 11) is 0. The molecular formula is C21H25N5O. The Morgan fingerprint density at radius 1 is 1.22 bits per heavy atom. The van der Waals surface area contributed by atoms with Crippen molar-refractivity contribution >= 4 is 0 Å². The minimum absolute atomic E-state index is 0.0944. The molecule has 1 saturated carbocycles. The van der Waals surface area contributed by atoms with Gasteiger partial charge in [-0.25, -0.2) is 4.98 Å². The summed E-state index contributed by atoms with van der Waals surface area (Å²) in [5.74, 6) is 1.52. The lowest BCUT2D eigenvalue weighted by Gasteiger charge is -2.34. The van der Waals surface area contributed by atoms with Crippen LogP contribution in [0.3, 0.4) is 0 Å². The standard InChI is InChI=1S/C21H25N5O/c1-2-5-15(6-3-1)19-11-17(27-25-19)13-26-10-8-18-20(24-14-23-18)21(26)16-7-4-9-22-12-16/h4,7,9,11-12,14-15,21H,1-3,5-6,8,10,13H2,(H,23,24). The van der Waals surface area contributed by atoms with Crippen LogP contribution < -0.4 is 0 Å². The largest absolute Gasteiger partial charge is 0.360 e. The Morgan fingerprint density at radius 3 is 3.00 bits per heavy atom. The number of fused-ring (bicyclic) bond motifs is 1. The fourth-order valence-corrected chi connectivity index (χ4v) is 4.60. The topological polar surface area (TPSA) is 70.8 Å². The number of pyridine rings is 1. The van der Waals surface area contributed by atoms with Gasteiger partial charge in [0, 0.05) is 43.0 Å². The number of hydrogen-bond donors (Lipinski definition) is 1. The fourth-order valence-electron chi connectivity index (χ4n) is 4.60. The van der Waals surface area contributed by atoms with E-state index in [2.05, 4.69) is 37.1 Å². The van der Waals surface area contributed by atoms with Gasteiger partial charge in [-0.3, -0.25) is 9.88 Å². The quantitative estimate of drug-likeness (QED) is 0.759. The number of hydrogen-bond acceptors (Lipinski definition) is 5. The van der Waals surface area contributed by atoms with E-state index < -0.39 is 0 Å². The third-order valence-electron chi connectivity index (χ3n) is 5.98. The first kappa shape index (κ1) is 16.7. The molecule has 0 spiro atoms. The SMILES string of the molecule is c1cncc(C2c3nc[nH]c3CCN2Cc2cc(C3CCCCC3)no2)c1. The number of aromatic nitrogens is 4. The minimum atomic E-state index is 0.0944. The molecule has 1 N–H and O–H groups in total. The highest BCUT2D eigenvalue weighted by Gasteiger charge is 2.32. The molecule has 3 aromatic rings. The second kappa shape index (κ2) is 7.27. The summed E-state index contributed by atoms with van der Waals surface area (Å²) >= 11 is 0. The van der Waals surface area contributed by atoms with E-state index in [-0.39, 0.29) is 6.04 Å². The molecule has 6 nitrogen and oxygen atoms in total. The Labute approximate surface area is 159 Å². The van der Waals surface area contributed by atoms with Crippen LogP contribution >= 0.6 is 0 Å². The summed E-state index contributed by atoms with van der Waals surface area (Å²) in [6.07, 6.45) is 13.0. The van der Waals surface area contributed by atoms with E-state index in [9.17, 15) is 0 Å². The van der Waals surface area contributed by atoms with Crippen molar-refractivity contribution in [2.45, 2.75) is 57.0 Å². The van der Waals surface area contributed by atoms with Gasteiger partial charge in [0.1, 0.15) is 0 Å². The molecule has 140 valence electrons. The molecule has 1 aliphatic heterocycles. The van der Waals surface area contributed by atoms with Gasteiger partial charge in [-0.15, -0.1) is 0 Å². The van der Waals surface area contributed by atoms with Crippen molar-refractivity contribution in [3.63, 3.8) is 0 Å². The second-order valence-corrected chi connectivity index (χ2v) is 7.73. The first-order chi connectivity index (χ1) is 13.4. The summed E-state index contributed by atoms with van der Waals surface area (Å²) in [6.45, 7) is 1.69. The Balaban J connectivity index is 1.40. The number of aromatic amines is 1. The van der Waals surface area contributed by atoms with Gasteiger partial charge >= 0.3 is 0 Å². The molecule has 0 radical (unpaired) electrons. The Kier molecular flexibility index (Phi) is 4.49. The monoisotopic (exact) mass is 363 g/mol. The summed E-state index contributed by atoms with van der Waals surface area (Å²) in [6, 6.07) is 6.39. The van der Waals surface area contributed by atoms with E-state index in [1.165, 1.54) is 37.8 Å². The average molecular weight is 363 g/mol. The lowest BCUT2D eigenvalue weighted by Crippen LogP contribution is -2.35. The Morgan fingerprint density at radius 2 is 2.15 bits per heavy atom. The molecule has 1 fully saturated rings.